The largest absolute Gasteiger partial charge is 0.465 e. The van der Waals surface area contributed by atoms with Crippen LogP contribution in [0.2, 0.25) is 0 Å². The van der Waals surface area contributed by atoms with Crippen LogP contribution < -0.4 is 10.6 Å². The van der Waals surface area contributed by atoms with Crippen LogP contribution in [-0.2, 0) is 4.79 Å². The number of amides is 1. The molecule has 0 atom stereocenters. The molecule has 102 valence electrons. The fourth-order valence-corrected chi connectivity index (χ4v) is 2.43. The van der Waals surface area contributed by atoms with E-state index in [2.05, 4.69) is 10.6 Å². The average Bonchev–Trinajstić information content (AvgIpc) is 2.90. The van der Waals surface area contributed by atoms with E-state index in [1.807, 2.05) is 0 Å². The maximum absolute atomic E-state index is 11.6. The molecule has 1 amide bonds. The van der Waals surface area contributed by atoms with Crippen molar-refractivity contribution in [2.75, 3.05) is 0 Å². The van der Waals surface area contributed by atoms with Crippen molar-refractivity contribution in [3.05, 3.63) is 30.2 Å². The Morgan fingerprint density at radius 1 is 1.37 bits per heavy atom. The molecule has 1 aliphatic carbocycles. The zero-order chi connectivity index (χ0) is 13.5. The fraction of sp³-hybridized carbons (Fsp3) is 0.429. The molecule has 19 heavy (non-hydrogen) atoms. The molecule has 2 N–H and O–H groups in total. The third-order valence-electron chi connectivity index (χ3n) is 3.12. The van der Waals surface area contributed by atoms with Gasteiger partial charge < -0.3 is 9.73 Å². The first-order chi connectivity index (χ1) is 9.24. The quantitative estimate of drug-likeness (QED) is 0.659. The van der Waals surface area contributed by atoms with Crippen LogP contribution in [0.3, 0.4) is 0 Å². The monoisotopic (exact) mass is 278 g/mol. The highest BCUT2D eigenvalue weighted by atomic mass is 32.1. The molecule has 5 heteroatoms. The molecular weight excluding hydrogens is 260 g/mol. The molecular formula is C14H18N2O2S. The number of rotatable bonds is 3. The molecule has 4 nitrogen and oxygen atoms in total. The van der Waals surface area contributed by atoms with Gasteiger partial charge in [0.05, 0.1) is 6.26 Å². The Kier molecular flexibility index (Phi) is 5.15. The van der Waals surface area contributed by atoms with Gasteiger partial charge in [0, 0.05) is 12.1 Å². The maximum Gasteiger partial charge on any atom is 0.250 e. The third kappa shape index (κ3) is 4.87. The van der Waals surface area contributed by atoms with Gasteiger partial charge in [-0.15, -0.1) is 0 Å². The number of furan rings is 1. The second-order valence-electron chi connectivity index (χ2n) is 4.65. The summed E-state index contributed by atoms with van der Waals surface area (Å²) in [4.78, 5) is 11.6. The Bertz CT molecular complexity index is 448. The standard InChI is InChI=1S/C14H18N2O2S/c17-13(9-8-12-7-4-10-18-12)16-14(19)15-11-5-2-1-3-6-11/h4,7-11H,1-3,5-6H2,(H2,15,16,17,19)/b9-8+. The summed E-state index contributed by atoms with van der Waals surface area (Å²) in [6.07, 6.45) is 10.6. The number of thiocarbonyl (C=S) groups is 1. The van der Waals surface area contributed by atoms with Crippen molar-refractivity contribution < 1.29 is 9.21 Å². The van der Waals surface area contributed by atoms with Crippen molar-refractivity contribution in [3.8, 4) is 0 Å². The predicted molar refractivity (Wildman–Crippen MR) is 78.5 cm³/mol. The number of carbonyl (C=O) groups excluding carboxylic acids is 1. The molecule has 1 fully saturated rings. The second-order valence-corrected chi connectivity index (χ2v) is 5.05. The Labute approximate surface area is 118 Å². The molecule has 1 aromatic heterocycles. The van der Waals surface area contributed by atoms with Crippen molar-refractivity contribution in [3.63, 3.8) is 0 Å². The van der Waals surface area contributed by atoms with E-state index in [1.54, 1.807) is 24.5 Å². The van der Waals surface area contributed by atoms with E-state index >= 15 is 0 Å². The Balaban J connectivity index is 1.73. The van der Waals surface area contributed by atoms with Gasteiger partial charge in [-0.05, 0) is 43.3 Å². The fourth-order valence-electron chi connectivity index (χ4n) is 2.17. The summed E-state index contributed by atoms with van der Waals surface area (Å²) in [5.41, 5.74) is 0. The number of nitrogens with one attached hydrogen (secondary N) is 2. The van der Waals surface area contributed by atoms with Crippen LogP contribution in [0.1, 0.15) is 37.9 Å². The summed E-state index contributed by atoms with van der Waals surface area (Å²) >= 11 is 5.12. The Morgan fingerprint density at radius 3 is 2.84 bits per heavy atom. The predicted octanol–water partition coefficient (Wildman–Crippen LogP) is 2.62. The minimum absolute atomic E-state index is 0.246. The van der Waals surface area contributed by atoms with Gasteiger partial charge in [0.1, 0.15) is 5.76 Å². The van der Waals surface area contributed by atoms with Crippen LogP contribution in [-0.4, -0.2) is 17.1 Å². The molecule has 1 heterocycles. The van der Waals surface area contributed by atoms with E-state index in [0.29, 0.717) is 16.9 Å². The van der Waals surface area contributed by atoms with Gasteiger partial charge in [-0.25, -0.2) is 0 Å². The SMILES string of the molecule is O=C(/C=C/c1ccco1)NC(=S)NC1CCCCC1. The van der Waals surface area contributed by atoms with Gasteiger partial charge in [-0.1, -0.05) is 19.3 Å². The van der Waals surface area contributed by atoms with Crippen molar-refractivity contribution in [1.82, 2.24) is 10.6 Å². The smallest absolute Gasteiger partial charge is 0.250 e. The van der Waals surface area contributed by atoms with Gasteiger partial charge in [-0.3, -0.25) is 10.1 Å². The van der Waals surface area contributed by atoms with Gasteiger partial charge >= 0.3 is 0 Å². The van der Waals surface area contributed by atoms with Gasteiger partial charge in [-0.2, -0.15) is 0 Å². The molecule has 0 bridgehead atoms. The van der Waals surface area contributed by atoms with E-state index < -0.39 is 0 Å². The molecule has 2 rings (SSSR count). The zero-order valence-electron chi connectivity index (χ0n) is 10.7. The molecule has 1 aliphatic rings. The lowest BCUT2D eigenvalue weighted by Gasteiger charge is -2.23. The van der Waals surface area contributed by atoms with E-state index in [-0.39, 0.29) is 5.91 Å². The minimum Gasteiger partial charge on any atom is -0.465 e. The van der Waals surface area contributed by atoms with E-state index in [9.17, 15) is 4.79 Å². The summed E-state index contributed by atoms with van der Waals surface area (Å²) in [6, 6.07) is 3.95. The van der Waals surface area contributed by atoms with Crippen LogP contribution in [0.15, 0.2) is 28.9 Å². The van der Waals surface area contributed by atoms with Crippen LogP contribution in [0, 0.1) is 0 Å². The first-order valence-corrected chi connectivity index (χ1v) is 6.98. The summed E-state index contributed by atoms with van der Waals surface area (Å²) in [7, 11) is 0. The molecule has 0 aromatic carbocycles. The molecule has 0 unspecified atom stereocenters. The molecule has 0 aliphatic heterocycles. The Hall–Kier alpha value is -1.62. The van der Waals surface area contributed by atoms with E-state index in [0.717, 1.165) is 12.8 Å². The number of hydrogen-bond acceptors (Lipinski definition) is 3. The topological polar surface area (TPSA) is 54.3 Å². The normalized spacial score (nSPS) is 16.4. The van der Waals surface area contributed by atoms with Gasteiger partial charge in [0.25, 0.3) is 0 Å². The summed E-state index contributed by atoms with van der Waals surface area (Å²) in [5, 5.41) is 6.23. The van der Waals surface area contributed by atoms with Gasteiger partial charge in [0.15, 0.2) is 5.11 Å². The lowest BCUT2D eigenvalue weighted by atomic mass is 9.96. The van der Waals surface area contributed by atoms with Crippen LogP contribution in [0.4, 0.5) is 0 Å². The van der Waals surface area contributed by atoms with Crippen molar-refractivity contribution in [2.24, 2.45) is 0 Å². The molecule has 0 spiro atoms. The lowest BCUT2D eigenvalue weighted by molar-refractivity contribution is -0.115. The Morgan fingerprint density at radius 2 is 2.16 bits per heavy atom. The minimum atomic E-state index is -0.246. The maximum atomic E-state index is 11.6. The highest BCUT2D eigenvalue weighted by Gasteiger charge is 2.14. The molecule has 0 radical (unpaired) electrons. The average molecular weight is 278 g/mol. The summed E-state index contributed by atoms with van der Waals surface area (Å²) in [6.45, 7) is 0. The molecule has 1 aromatic rings. The van der Waals surface area contributed by atoms with E-state index in [4.69, 9.17) is 16.6 Å². The lowest BCUT2D eigenvalue weighted by Crippen LogP contribution is -2.44. The number of hydrogen-bond donors (Lipinski definition) is 2. The highest BCUT2D eigenvalue weighted by Crippen LogP contribution is 2.17. The number of carbonyl (C=O) groups is 1. The van der Waals surface area contributed by atoms with Crippen molar-refractivity contribution >= 4 is 29.3 Å². The molecule has 1 saturated carbocycles. The highest BCUT2D eigenvalue weighted by molar-refractivity contribution is 7.80. The zero-order valence-corrected chi connectivity index (χ0v) is 11.5. The molecule has 0 saturated heterocycles. The van der Waals surface area contributed by atoms with Crippen molar-refractivity contribution in [2.45, 2.75) is 38.1 Å². The van der Waals surface area contributed by atoms with Crippen LogP contribution in [0.25, 0.3) is 6.08 Å². The third-order valence-corrected chi connectivity index (χ3v) is 3.34. The van der Waals surface area contributed by atoms with E-state index in [1.165, 1.54) is 25.3 Å². The second kappa shape index (κ2) is 7.09. The first-order valence-electron chi connectivity index (χ1n) is 6.57. The van der Waals surface area contributed by atoms with Crippen LogP contribution in [0.5, 0.6) is 0 Å². The first kappa shape index (κ1) is 13.8. The van der Waals surface area contributed by atoms with Gasteiger partial charge in [0.2, 0.25) is 5.91 Å². The summed E-state index contributed by atoms with van der Waals surface area (Å²) < 4.78 is 5.10. The van der Waals surface area contributed by atoms with Crippen LogP contribution >= 0.6 is 12.2 Å². The van der Waals surface area contributed by atoms with Crippen molar-refractivity contribution in [1.29, 1.82) is 0 Å². The summed E-state index contributed by atoms with van der Waals surface area (Å²) in [5.74, 6) is 0.394.